The van der Waals surface area contributed by atoms with Crippen LogP contribution >= 0.6 is 31.9 Å². The van der Waals surface area contributed by atoms with E-state index in [1.54, 1.807) is 30.5 Å². The maximum Gasteiger partial charge on any atom is 0.292 e. The molecule has 0 saturated heterocycles. The van der Waals surface area contributed by atoms with Crippen molar-refractivity contribution in [1.82, 2.24) is 4.98 Å². The van der Waals surface area contributed by atoms with E-state index in [1.807, 2.05) is 24.3 Å². The van der Waals surface area contributed by atoms with Gasteiger partial charge in [0.15, 0.2) is 5.76 Å². The number of nitrogens with one attached hydrogen (secondary N) is 1. The van der Waals surface area contributed by atoms with Crippen LogP contribution in [0.4, 0.5) is 5.82 Å². The van der Waals surface area contributed by atoms with Crippen LogP contribution in [-0.4, -0.2) is 10.9 Å². The fourth-order valence-electron chi connectivity index (χ4n) is 1.92. The van der Waals surface area contributed by atoms with Crippen molar-refractivity contribution in [3.05, 3.63) is 75.2 Å². The van der Waals surface area contributed by atoms with E-state index >= 15 is 0 Å². The van der Waals surface area contributed by atoms with Crippen molar-refractivity contribution >= 4 is 43.6 Å². The molecule has 1 amide bonds. The van der Waals surface area contributed by atoms with Crippen molar-refractivity contribution in [3.8, 4) is 5.75 Å². The smallest absolute Gasteiger partial charge is 0.292 e. The summed E-state index contributed by atoms with van der Waals surface area (Å²) in [4.78, 5) is 16.2. The number of carbonyl (C=O) groups is 1. The molecular formula is C17H12Br2N2O3. The topological polar surface area (TPSA) is 64.4 Å². The van der Waals surface area contributed by atoms with Gasteiger partial charge in [-0.15, -0.1) is 0 Å². The van der Waals surface area contributed by atoms with Crippen LogP contribution in [0, 0.1) is 0 Å². The minimum Gasteiger partial charge on any atom is -0.484 e. The molecule has 0 saturated carbocycles. The van der Waals surface area contributed by atoms with E-state index < -0.39 is 0 Å². The summed E-state index contributed by atoms with van der Waals surface area (Å²) >= 11 is 6.70. The average Bonchev–Trinajstić information content (AvgIpc) is 3.05. The van der Waals surface area contributed by atoms with Crippen LogP contribution in [0.2, 0.25) is 0 Å². The van der Waals surface area contributed by atoms with Crippen LogP contribution in [0.5, 0.6) is 5.75 Å². The molecule has 3 aromatic rings. The molecule has 2 aromatic heterocycles. The first-order valence-corrected chi connectivity index (χ1v) is 8.59. The van der Waals surface area contributed by atoms with Crippen LogP contribution in [0.15, 0.2) is 68.1 Å². The normalized spacial score (nSPS) is 10.4. The van der Waals surface area contributed by atoms with Crippen LogP contribution in [0.1, 0.15) is 16.3 Å². The summed E-state index contributed by atoms with van der Waals surface area (Å²) < 4.78 is 12.9. The number of rotatable bonds is 5. The van der Waals surface area contributed by atoms with E-state index in [0.29, 0.717) is 17.3 Å². The maximum atomic E-state index is 12.1. The number of anilines is 1. The van der Waals surface area contributed by atoms with Crippen molar-refractivity contribution in [2.75, 3.05) is 5.32 Å². The van der Waals surface area contributed by atoms with Gasteiger partial charge in [-0.3, -0.25) is 4.79 Å². The summed E-state index contributed by atoms with van der Waals surface area (Å²) in [7, 11) is 0. The summed E-state index contributed by atoms with van der Waals surface area (Å²) in [5, 5.41) is 2.67. The number of benzene rings is 1. The van der Waals surface area contributed by atoms with Gasteiger partial charge >= 0.3 is 0 Å². The van der Waals surface area contributed by atoms with Crippen molar-refractivity contribution < 1.29 is 13.9 Å². The molecular weight excluding hydrogens is 440 g/mol. The fourth-order valence-corrected chi connectivity index (χ4v) is 2.55. The number of ether oxygens (including phenoxy) is 1. The molecule has 122 valence electrons. The van der Waals surface area contributed by atoms with E-state index in [1.165, 1.54) is 0 Å². The van der Waals surface area contributed by atoms with Crippen molar-refractivity contribution in [2.45, 2.75) is 6.61 Å². The van der Waals surface area contributed by atoms with Gasteiger partial charge in [0.05, 0.1) is 4.47 Å². The molecule has 2 heterocycles. The van der Waals surface area contributed by atoms with E-state index in [4.69, 9.17) is 9.15 Å². The summed E-state index contributed by atoms with van der Waals surface area (Å²) in [5.74, 6) is 1.55. The minimum atomic E-state index is -0.364. The molecule has 3 rings (SSSR count). The monoisotopic (exact) mass is 450 g/mol. The average molecular weight is 452 g/mol. The lowest BCUT2D eigenvalue weighted by Crippen LogP contribution is -2.11. The summed E-state index contributed by atoms with van der Waals surface area (Å²) in [6, 6.07) is 14.3. The van der Waals surface area contributed by atoms with Crippen LogP contribution in [0.3, 0.4) is 0 Å². The maximum absolute atomic E-state index is 12.1. The Morgan fingerprint density at radius 2 is 1.96 bits per heavy atom. The molecule has 1 N–H and O–H groups in total. The molecule has 0 aliphatic rings. The molecule has 0 spiro atoms. The number of hydrogen-bond acceptors (Lipinski definition) is 4. The molecule has 24 heavy (non-hydrogen) atoms. The molecule has 0 radical (unpaired) electrons. The number of amides is 1. The molecule has 0 fully saturated rings. The van der Waals surface area contributed by atoms with Crippen LogP contribution in [-0.2, 0) is 6.61 Å². The third-order valence-electron chi connectivity index (χ3n) is 3.06. The van der Waals surface area contributed by atoms with Crippen molar-refractivity contribution in [1.29, 1.82) is 0 Å². The highest BCUT2D eigenvalue weighted by atomic mass is 79.9. The molecule has 1 aromatic carbocycles. The first kappa shape index (κ1) is 16.7. The fraction of sp³-hybridized carbons (Fsp3) is 0.0588. The molecule has 0 aliphatic carbocycles. The van der Waals surface area contributed by atoms with Gasteiger partial charge in [-0.05, 0) is 68.3 Å². The Morgan fingerprint density at radius 1 is 1.12 bits per heavy atom. The third-order valence-corrected chi connectivity index (χ3v) is 4.19. The van der Waals surface area contributed by atoms with E-state index in [9.17, 15) is 4.79 Å². The zero-order chi connectivity index (χ0) is 16.9. The molecule has 7 heteroatoms. The molecule has 0 unspecified atom stereocenters. The van der Waals surface area contributed by atoms with E-state index in [0.717, 1.165) is 8.95 Å². The number of hydrogen-bond donors (Lipinski definition) is 1. The molecule has 0 atom stereocenters. The second-order valence-corrected chi connectivity index (χ2v) is 6.57. The predicted molar refractivity (Wildman–Crippen MR) is 97.1 cm³/mol. The lowest BCUT2D eigenvalue weighted by Gasteiger charge is -2.06. The second-order valence-electron chi connectivity index (χ2n) is 4.80. The highest BCUT2D eigenvalue weighted by molar-refractivity contribution is 9.10. The van der Waals surface area contributed by atoms with Crippen LogP contribution in [0.25, 0.3) is 0 Å². The van der Waals surface area contributed by atoms with E-state index in [-0.39, 0.29) is 18.3 Å². The number of aromatic nitrogens is 1. The van der Waals surface area contributed by atoms with Crippen LogP contribution < -0.4 is 10.1 Å². The molecule has 0 aliphatic heterocycles. The molecule has 5 nitrogen and oxygen atoms in total. The van der Waals surface area contributed by atoms with Gasteiger partial charge in [-0.2, -0.15) is 0 Å². The largest absolute Gasteiger partial charge is 0.484 e. The number of para-hydroxylation sites is 1. The van der Waals surface area contributed by atoms with Gasteiger partial charge in [-0.25, -0.2) is 4.98 Å². The van der Waals surface area contributed by atoms with Gasteiger partial charge < -0.3 is 14.5 Å². The Balaban J connectivity index is 1.61. The lowest BCUT2D eigenvalue weighted by molar-refractivity contribution is 0.0992. The minimum absolute atomic E-state index is 0.199. The second kappa shape index (κ2) is 7.63. The number of carbonyl (C=O) groups excluding carboxylic acids is 1. The Labute approximate surface area is 155 Å². The summed E-state index contributed by atoms with van der Waals surface area (Å²) in [6.45, 7) is 0.229. The van der Waals surface area contributed by atoms with Gasteiger partial charge in [0, 0.05) is 10.7 Å². The van der Waals surface area contributed by atoms with Crippen molar-refractivity contribution in [3.63, 3.8) is 0 Å². The van der Waals surface area contributed by atoms with Gasteiger partial charge in [0.2, 0.25) is 0 Å². The Bertz CT molecular complexity index is 847. The highest BCUT2D eigenvalue weighted by Gasteiger charge is 2.12. The SMILES string of the molecule is O=C(Nc1ccc(Br)cn1)c1ccc(COc2ccccc2Br)o1. The standard InChI is InChI=1S/C17H12Br2N2O3/c18-11-5-8-16(20-9-11)21-17(22)15-7-6-12(24-15)10-23-14-4-2-1-3-13(14)19/h1-9H,10H2,(H,20,21,22). The quantitative estimate of drug-likeness (QED) is 0.590. The lowest BCUT2D eigenvalue weighted by atomic mass is 10.3. The predicted octanol–water partition coefficient (Wildman–Crippen LogP) is 5.03. The zero-order valence-electron chi connectivity index (χ0n) is 12.3. The van der Waals surface area contributed by atoms with Gasteiger partial charge in [-0.1, -0.05) is 12.1 Å². The first-order chi connectivity index (χ1) is 11.6. The highest BCUT2D eigenvalue weighted by Crippen LogP contribution is 2.25. The molecule has 0 bridgehead atoms. The van der Waals surface area contributed by atoms with E-state index in [2.05, 4.69) is 42.2 Å². The number of nitrogens with zero attached hydrogens (tertiary/aromatic N) is 1. The van der Waals surface area contributed by atoms with Crippen molar-refractivity contribution in [2.24, 2.45) is 0 Å². The zero-order valence-corrected chi connectivity index (χ0v) is 15.5. The summed E-state index contributed by atoms with van der Waals surface area (Å²) in [6.07, 6.45) is 1.61. The Kier molecular flexibility index (Phi) is 5.32. The Morgan fingerprint density at radius 3 is 2.71 bits per heavy atom. The number of pyridine rings is 1. The van der Waals surface area contributed by atoms with Gasteiger partial charge in [0.1, 0.15) is 23.9 Å². The first-order valence-electron chi connectivity index (χ1n) is 7.01. The van der Waals surface area contributed by atoms with Gasteiger partial charge in [0.25, 0.3) is 5.91 Å². The number of halogens is 2. The third kappa shape index (κ3) is 4.24. The summed E-state index contributed by atoms with van der Waals surface area (Å²) in [5.41, 5.74) is 0. The number of furan rings is 1. The Hall–Kier alpha value is -2.12.